The van der Waals surface area contributed by atoms with Gasteiger partial charge in [-0.1, -0.05) is 51.4 Å². The minimum absolute atomic E-state index is 0.476. The largest absolute Gasteiger partial charge is 0.263 e. The fourth-order valence-electron chi connectivity index (χ4n) is 2.48. The SMILES string of the molecule is C=C/C=C(/Cl)CCCC.CC1=NC2=CC(C)=NN(C2)C(C(C)C)=C1.CCl. The molecule has 2 rings (SSSR count). The van der Waals surface area contributed by atoms with E-state index in [2.05, 4.69) is 66.2 Å². The maximum atomic E-state index is 5.75. The molecule has 5 heteroatoms. The second-order valence-corrected chi connectivity index (χ2v) is 6.85. The van der Waals surface area contributed by atoms with Gasteiger partial charge in [0.25, 0.3) is 0 Å². The Labute approximate surface area is 169 Å². The lowest BCUT2D eigenvalue weighted by atomic mass is 10.1. The van der Waals surface area contributed by atoms with Gasteiger partial charge in [-0.15, -0.1) is 11.6 Å². The van der Waals surface area contributed by atoms with Gasteiger partial charge in [0, 0.05) is 22.8 Å². The molecule has 0 N–H and O–H groups in total. The highest BCUT2D eigenvalue weighted by Gasteiger charge is 2.20. The number of alkyl halides is 1. The van der Waals surface area contributed by atoms with Gasteiger partial charge < -0.3 is 0 Å². The lowest BCUT2D eigenvalue weighted by Crippen LogP contribution is -2.25. The summed E-state index contributed by atoms with van der Waals surface area (Å²) in [5.41, 5.74) is 4.45. The number of hydrogen-bond acceptors (Lipinski definition) is 3. The average Bonchev–Trinajstić information content (AvgIpc) is 2.70. The first kappa shape index (κ1) is 24.7. The first-order valence-electron chi connectivity index (χ1n) is 9.02. The number of nitrogens with zero attached hydrogens (tertiary/aromatic N) is 3. The van der Waals surface area contributed by atoms with E-state index in [0.717, 1.165) is 35.1 Å². The highest BCUT2D eigenvalue weighted by atomic mass is 35.5. The number of halogens is 2. The summed E-state index contributed by atoms with van der Waals surface area (Å²) >= 11 is 10.4. The van der Waals surface area contributed by atoms with Gasteiger partial charge in [0.1, 0.15) is 0 Å². The van der Waals surface area contributed by atoms with Gasteiger partial charge in [0.15, 0.2) is 0 Å². The molecular formula is C21H33Cl2N3. The molecular weight excluding hydrogens is 365 g/mol. The molecule has 0 atom stereocenters. The Kier molecular flexibility index (Phi) is 13.1. The Morgan fingerprint density at radius 1 is 1.27 bits per heavy atom. The van der Waals surface area contributed by atoms with Crippen LogP contribution < -0.4 is 0 Å². The number of fused-ring (bicyclic) bond motifs is 2. The van der Waals surface area contributed by atoms with Gasteiger partial charge in [-0.05, 0) is 50.8 Å². The molecule has 0 aromatic carbocycles. The number of rotatable bonds is 5. The molecule has 3 nitrogen and oxygen atoms in total. The fraction of sp³-hybridized carbons (Fsp3) is 0.524. The van der Waals surface area contributed by atoms with Crippen molar-refractivity contribution in [3.63, 3.8) is 0 Å². The maximum Gasteiger partial charge on any atom is 0.0835 e. The van der Waals surface area contributed by atoms with Crippen molar-refractivity contribution in [2.45, 2.75) is 53.9 Å². The molecule has 0 fully saturated rings. The molecule has 0 unspecified atom stereocenters. The van der Waals surface area contributed by atoms with Crippen molar-refractivity contribution in [2.24, 2.45) is 16.0 Å². The summed E-state index contributed by atoms with van der Waals surface area (Å²) in [6.45, 7) is 14.9. The van der Waals surface area contributed by atoms with Crippen LogP contribution in [-0.2, 0) is 0 Å². The van der Waals surface area contributed by atoms with Crippen LogP contribution in [0.5, 0.6) is 0 Å². The van der Waals surface area contributed by atoms with Gasteiger partial charge in [-0.25, -0.2) is 0 Å². The number of hydrogen-bond donors (Lipinski definition) is 0. The lowest BCUT2D eigenvalue weighted by Gasteiger charge is -2.26. The van der Waals surface area contributed by atoms with E-state index >= 15 is 0 Å². The fourth-order valence-corrected chi connectivity index (χ4v) is 2.70. The Hall–Kier alpha value is -1.32. The minimum Gasteiger partial charge on any atom is -0.263 e. The van der Waals surface area contributed by atoms with Gasteiger partial charge in [-0.2, -0.15) is 5.10 Å². The molecule has 0 radical (unpaired) electrons. The van der Waals surface area contributed by atoms with E-state index in [1.54, 1.807) is 6.08 Å². The van der Waals surface area contributed by atoms with Gasteiger partial charge >= 0.3 is 0 Å². The lowest BCUT2D eigenvalue weighted by molar-refractivity contribution is 0.351. The Balaban J connectivity index is 0.000000492. The highest BCUT2D eigenvalue weighted by molar-refractivity contribution is 6.29. The van der Waals surface area contributed by atoms with Crippen molar-refractivity contribution in [3.8, 4) is 0 Å². The summed E-state index contributed by atoms with van der Waals surface area (Å²) in [4.78, 5) is 4.56. The molecule has 2 aliphatic rings. The van der Waals surface area contributed by atoms with Crippen LogP contribution in [0, 0.1) is 5.92 Å². The van der Waals surface area contributed by atoms with Crippen LogP contribution in [0.4, 0.5) is 0 Å². The van der Waals surface area contributed by atoms with E-state index in [0.29, 0.717) is 5.92 Å². The zero-order valence-electron chi connectivity index (χ0n) is 17.0. The third kappa shape index (κ3) is 9.40. The summed E-state index contributed by atoms with van der Waals surface area (Å²) in [5, 5.41) is 7.51. The summed E-state index contributed by atoms with van der Waals surface area (Å²) < 4.78 is 0. The molecule has 0 saturated heterocycles. The molecule has 2 heterocycles. The van der Waals surface area contributed by atoms with E-state index in [-0.39, 0.29) is 0 Å². The normalized spacial score (nSPS) is 16.0. The summed E-state index contributed by atoms with van der Waals surface area (Å²) in [5.74, 6) is 0.476. The van der Waals surface area contributed by atoms with Crippen molar-refractivity contribution in [1.82, 2.24) is 5.01 Å². The van der Waals surface area contributed by atoms with E-state index in [9.17, 15) is 0 Å². The number of unbranched alkanes of at least 4 members (excludes halogenated alkanes) is 1. The summed E-state index contributed by atoms with van der Waals surface area (Å²) in [6, 6.07) is 0. The van der Waals surface area contributed by atoms with Crippen LogP contribution in [0.1, 0.15) is 53.9 Å². The summed E-state index contributed by atoms with van der Waals surface area (Å²) in [6.07, 6.45) is 12.6. The van der Waals surface area contributed by atoms with Gasteiger partial charge in [0.05, 0.1) is 18.0 Å². The molecule has 0 aliphatic carbocycles. The summed E-state index contributed by atoms with van der Waals surface area (Å²) in [7, 11) is 0. The molecule has 146 valence electrons. The minimum atomic E-state index is 0.476. The van der Waals surface area contributed by atoms with E-state index in [1.807, 2.05) is 19.9 Å². The standard InChI is InChI=1S/C12H17N3.C8H13Cl.CH3Cl/c1-8(2)12-6-9(3)13-11-5-10(4)14-15(12)7-11;1-3-5-7-8(9)6-4-2;1-2/h5-6,8H,7H2,1-4H3;4,6H,2-3,5,7H2,1H3;1H3/b;8-6+;. The molecule has 2 bridgehead atoms. The van der Waals surface area contributed by atoms with Crippen LogP contribution in [0.15, 0.2) is 57.4 Å². The Morgan fingerprint density at radius 2 is 1.92 bits per heavy atom. The van der Waals surface area contributed by atoms with E-state index in [1.165, 1.54) is 24.9 Å². The van der Waals surface area contributed by atoms with Crippen molar-refractivity contribution >= 4 is 34.6 Å². The first-order valence-corrected chi connectivity index (χ1v) is 10.2. The second kappa shape index (κ2) is 13.8. The van der Waals surface area contributed by atoms with Crippen molar-refractivity contribution < 1.29 is 0 Å². The topological polar surface area (TPSA) is 28.0 Å². The number of hydrazone groups is 1. The van der Waals surface area contributed by atoms with E-state index < -0.39 is 0 Å². The molecule has 0 amide bonds. The van der Waals surface area contributed by atoms with Crippen molar-refractivity contribution in [1.29, 1.82) is 0 Å². The predicted octanol–water partition coefficient (Wildman–Crippen LogP) is 6.92. The van der Waals surface area contributed by atoms with Gasteiger partial charge in [0.2, 0.25) is 0 Å². The van der Waals surface area contributed by atoms with Crippen LogP contribution in [0.2, 0.25) is 0 Å². The smallest absolute Gasteiger partial charge is 0.0835 e. The predicted molar refractivity (Wildman–Crippen MR) is 119 cm³/mol. The molecule has 0 aromatic heterocycles. The number of allylic oxidation sites excluding steroid dienone is 6. The van der Waals surface area contributed by atoms with Crippen LogP contribution in [0.25, 0.3) is 0 Å². The Morgan fingerprint density at radius 3 is 2.46 bits per heavy atom. The zero-order valence-corrected chi connectivity index (χ0v) is 18.5. The maximum absolute atomic E-state index is 5.75. The average molecular weight is 398 g/mol. The molecule has 2 aliphatic heterocycles. The molecule has 0 saturated carbocycles. The Bertz CT molecular complexity index is 596. The molecule has 0 aromatic rings. The monoisotopic (exact) mass is 397 g/mol. The van der Waals surface area contributed by atoms with Crippen LogP contribution in [0.3, 0.4) is 0 Å². The second-order valence-electron chi connectivity index (χ2n) is 6.36. The number of aliphatic imine (C=N–C) groups is 1. The van der Waals surface area contributed by atoms with Crippen LogP contribution in [-0.4, -0.2) is 29.4 Å². The molecule has 26 heavy (non-hydrogen) atoms. The highest BCUT2D eigenvalue weighted by Crippen LogP contribution is 2.23. The third-order valence-corrected chi connectivity index (χ3v) is 3.91. The zero-order chi connectivity index (χ0) is 20.1. The van der Waals surface area contributed by atoms with Crippen LogP contribution >= 0.6 is 23.2 Å². The first-order chi connectivity index (χ1) is 12.4. The quantitative estimate of drug-likeness (QED) is 0.365. The third-order valence-electron chi connectivity index (χ3n) is 3.60. The van der Waals surface area contributed by atoms with Gasteiger partial charge in [-0.3, -0.25) is 10.0 Å². The van der Waals surface area contributed by atoms with Crippen molar-refractivity contribution in [3.05, 3.63) is 47.3 Å². The molecule has 0 spiro atoms. The van der Waals surface area contributed by atoms with Crippen molar-refractivity contribution in [2.75, 3.05) is 12.9 Å². The van der Waals surface area contributed by atoms with E-state index in [4.69, 9.17) is 11.6 Å².